The van der Waals surface area contributed by atoms with Crippen molar-refractivity contribution < 1.29 is 19.4 Å². The molecule has 1 fully saturated rings. The van der Waals surface area contributed by atoms with Gasteiger partial charge in [-0.2, -0.15) is 0 Å². The highest BCUT2D eigenvalue weighted by atomic mass is 16.7. The molecule has 0 aliphatic carbocycles. The molecule has 1 saturated heterocycles. The van der Waals surface area contributed by atoms with Gasteiger partial charge >= 0.3 is 6.03 Å². The van der Waals surface area contributed by atoms with Gasteiger partial charge in [0, 0.05) is 25.1 Å². The molecule has 0 bridgehead atoms. The van der Waals surface area contributed by atoms with Gasteiger partial charge in [0.1, 0.15) is 0 Å². The molecule has 8 heteroatoms. The number of aliphatic hydroxyl groups excluding tert-OH is 1. The van der Waals surface area contributed by atoms with Gasteiger partial charge in [0.15, 0.2) is 6.29 Å². The zero-order valence-corrected chi connectivity index (χ0v) is 26.5. The Morgan fingerprint density at radius 2 is 1.46 bits per heavy atom. The fourth-order valence-electron chi connectivity index (χ4n) is 6.20. The van der Waals surface area contributed by atoms with Crippen LogP contribution >= 0.6 is 0 Å². The van der Waals surface area contributed by atoms with Crippen LogP contribution in [0.25, 0.3) is 22.2 Å². The van der Waals surface area contributed by atoms with Crippen LogP contribution in [0, 0.1) is 0 Å². The lowest BCUT2D eigenvalue weighted by Crippen LogP contribution is -2.34. The lowest BCUT2D eigenvalue weighted by molar-refractivity contribution is -0.252. The summed E-state index contributed by atoms with van der Waals surface area (Å²) in [6, 6.07) is 42.0. The summed E-state index contributed by atoms with van der Waals surface area (Å²) in [6.07, 6.45) is 1.68. The maximum atomic E-state index is 12.5. The number of aromatic nitrogens is 2. The monoisotopic (exact) mass is 638 g/mol. The Balaban J connectivity index is 1.07. The van der Waals surface area contributed by atoms with Crippen LogP contribution in [0.3, 0.4) is 0 Å². The topological polar surface area (TPSA) is 97.6 Å². The Bertz CT molecular complexity index is 1960. The number of benzene rings is 5. The summed E-state index contributed by atoms with van der Waals surface area (Å²) in [5.74, 6) is 0. The number of hydrogen-bond donors (Lipinski definition) is 3. The Labute approximate surface area is 280 Å². The molecule has 1 aliphatic rings. The van der Waals surface area contributed by atoms with E-state index < -0.39 is 6.29 Å². The number of urea groups is 1. The lowest BCUT2D eigenvalue weighted by Gasteiger charge is -2.36. The summed E-state index contributed by atoms with van der Waals surface area (Å²) in [7, 11) is 0. The molecule has 3 atom stereocenters. The molecule has 3 N–H and O–H groups in total. The first kappa shape index (κ1) is 31.3. The van der Waals surface area contributed by atoms with Crippen LogP contribution in [0.15, 0.2) is 134 Å². The van der Waals surface area contributed by atoms with Gasteiger partial charge in [-0.05, 0) is 45.5 Å². The highest BCUT2D eigenvalue weighted by molar-refractivity contribution is 5.75. The average molecular weight is 639 g/mol. The zero-order valence-electron chi connectivity index (χ0n) is 26.5. The predicted molar refractivity (Wildman–Crippen MR) is 186 cm³/mol. The van der Waals surface area contributed by atoms with Crippen molar-refractivity contribution in [1.82, 2.24) is 20.2 Å². The van der Waals surface area contributed by atoms with Crippen LogP contribution in [0.4, 0.5) is 4.79 Å². The number of aliphatic hydroxyl groups is 1. The quantitative estimate of drug-likeness (QED) is 0.145. The molecule has 1 aromatic heterocycles. The third-order valence-corrected chi connectivity index (χ3v) is 8.79. The van der Waals surface area contributed by atoms with Crippen molar-refractivity contribution in [2.24, 2.45) is 0 Å². The molecule has 2 amide bonds. The summed E-state index contributed by atoms with van der Waals surface area (Å²) in [5.41, 5.74) is 9.01. The fourth-order valence-corrected chi connectivity index (χ4v) is 6.20. The molecule has 48 heavy (non-hydrogen) atoms. The minimum Gasteiger partial charge on any atom is -0.392 e. The minimum absolute atomic E-state index is 0.000857. The largest absolute Gasteiger partial charge is 0.392 e. The Morgan fingerprint density at radius 3 is 2.27 bits per heavy atom. The van der Waals surface area contributed by atoms with E-state index in [-0.39, 0.29) is 24.8 Å². The molecular weight excluding hydrogens is 600 g/mol. The van der Waals surface area contributed by atoms with Crippen LogP contribution in [0.2, 0.25) is 0 Å². The van der Waals surface area contributed by atoms with Crippen molar-refractivity contribution in [2.45, 2.75) is 51.2 Å². The van der Waals surface area contributed by atoms with Gasteiger partial charge < -0.3 is 29.8 Å². The molecule has 1 aliphatic heterocycles. The number of carbonyl (C=O) groups excluding carboxylic acids is 1. The van der Waals surface area contributed by atoms with E-state index in [1.54, 1.807) is 0 Å². The molecule has 0 radical (unpaired) electrons. The van der Waals surface area contributed by atoms with Gasteiger partial charge in [-0.3, -0.25) is 0 Å². The first-order valence-electron chi connectivity index (χ1n) is 16.3. The molecule has 5 aromatic carbocycles. The Morgan fingerprint density at radius 1 is 0.750 bits per heavy atom. The zero-order chi connectivity index (χ0) is 32.7. The summed E-state index contributed by atoms with van der Waals surface area (Å²) >= 11 is 0. The second kappa shape index (κ2) is 14.6. The Kier molecular flexibility index (Phi) is 9.56. The van der Waals surface area contributed by atoms with Gasteiger partial charge in [0.2, 0.25) is 0 Å². The molecular formula is C40H38N4O4. The van der Waals surface area contributed by atoms with E-state index >= 15 is 0 Å². The van der Waals surface area contributed by atoms with Crippen LogP contribution in [0.5, 0.6) is 0 Å². The second-order valence-corrected chi connectivity index (χ2v) is 12.0. The van der Waals surface area contributed by atoms with Crippen LogP contribution in [-0.2, 0) is 35.7 Å². The van der Waals surface area contributed by atoms with E-state index in [0.717, 1.165) is 50.0 Å². The molecule has 0 spiro atoms. The summed E-state index contributed by atoms with van der Waals surface area (Å²) in [6.45, 7) is 1.51. The van der Waals surface area contributed by atoms with E-state index in [0.29, 0.717) is 26.1 Å². The maximum absolute atomic E-state index is 12.5. The van der Waals surface area contributed by atoms with Gasteiger partial charge in [-0.1, -0.05) is 115 Å². The lowest BCUT2D eigenvalue weighted by atomic mass is 9.97. The Hall–Kier alpha value is -5.28. The molecule has 0 saturated carbocycles. The molecule has 8 nitrogen and oxygen atoms in total. The highest BCUT2D eigenvalue weighted by Crippen LogP contribution is 2.39. The van der Waals surface area contributed by atoms with E-state index in [1.807, 2.05) is 97.3 Å². The van der Waals surface area contributed by atoms with Gasteiger partial charge in [0.25, 0.3) is 0 Å². The number of imidazole rings is 1. The average Bonchev–Trinajstić information content (AvgIpc) is 3.56. The number of ether oxygens (including phenoxy) is 2. The van der Waals surface area contributed by atoms with E-state index in [4.69, 9.17) is 9.47 Å². The number of nitrogens with zero attached hydrogens (tertiary/aromatic N) is 2. The van der Waals surface area contributed by atoms with Crippen LogP contribution in [0.1, 0.15) is 46.6 Å². The fraction of sp³-hybridized carbons (Fsp3) is 0.200. The molecule has 2 heterocycles. The van der Waals surface area contributed by atoms with E-state index in [1.165, 1.54) is 0 Å². The molecule has 242 valence electrons. The molecule has 7 rings (SSSR count). The normalized spacial score (nSPS) is 17.6. The molecule has 0 unspecified atom stereocenters. The minimum atomic E-state index is -0.569. The predicted octanol–water partition coefficient (Wildman–Crippen LogP) is 7.44. The summed E-state index contributed by atoms with van der Waals surface area (Å²) in [5, 5.41) is 15.5. The number of amides is 2. The third-order valence-electron chi connectivity index (χ3n) is 8.79. The van der Waals surface area contributed by atoms with Crippen LogP contribution < -0.4 is 10.6 Å². The maximum Gasteiger partial charge on any atom is 0.315 e. The number of para-hydroxylation sites is 2. The summed E-state index contributed by atoms with van der Waals surface area (Å²) < 4.78 is 15.4. The van der Waals surface area contributed by atoms with Crippen molar-refractivity contribution in [3.63, 3.8) is 0 Å². The van der Waals surface area contributed by atoms with Gasteiger partial charge in [-0.15, -0.1) is 0 Å². The van der Waals surface area contributed by atoms with Crippen LogP contribution in [-0.4, -0.2) is 26.8 Å². The van der Waals surface area contributed by atoms with E-state index in [2.05, 4.69) is 56.6 Å². The van der Waals surface area contributed by atoms with Gasteiger partial charge in [-0.25, -0.2) is 9.78 Å². The number of nitrogens with one attached hydrogen (secondary N) is 2. The summed E-state index contributed by atoms with van der Waals surface area (Å²) in [4.78, 5) is 17.1. The molecule has 6 aromatic rings. The number of carbonyl (C=O) groups is 1. The number of hydrogen-bond acceptors (Lipinski definition) is 5. The van der Waals surface area contributed by atoms with Crippen molar-refractivity contribution >= 4 is 17.1 Å². The first-order chi connectivity index (χ1) is 23.6. The van der Waals surface area contributed by atoms with Crippen molar-refractivity contribution in [2.75, 3.05) is 0 Å². The second-order valence-electron chi connectivity index (χ2n) is 12.0. The third kappa shape index (κ3) is 7.31. The SMILES string of the molecule is O=C(NCc1ccccc1)NCc1ccccc1-c1ccc([C@@H]2O[C@H](Cn3cnc4ccccc43)C[C@H](c3ccc(CO)cc3)O2)cc1. The van der Waals surface area contributed by atoms with Crippen molar-refractivity contribution in [3.05, 3.63) is 162 Å². The number of rotatable bonds is 10. The van der Waals surface area contributed by atoms with Gasteiger partial charge in [0.05, 0.1) is 42.7 Å². The first-order valence-corrected chi connectivity index (χ1v) is 16.3. The van der Waals surface area contributed by atoms with E-state index in [9.17, 15) is 9.90 Å². The standard InChI is InChI=1S/C40H38N4O4/c45-26-29-14-16-31(17-15-29)38-22-34(25-44-27-43-36-12-6-7-13-37(36)44)47-39(48-38)32-20-18-30(19-21-32)35-11-5-4-10-33(35)24-42-40(46)41-23-28-8-2-1-3-9-28/h1-21,27,34,38-39,45H,22-26H2,(H2,41,42,46)/t34-,38+,39+/m0/s1. The number of fused-ring (bicyclic) bond motifs is 1. The highest BCUT2D eigenvalue weighted by Gasteiger charge is 2.32. The van der Waals surface area contributed by atoms with Crippen molar-refractivity contribution in [3.8, 4) is 11.1 Å². The van der Waals surface area contributed by atoms with Crippen molar-refractivity contribution in [1.29, 1.82) is 0 Å². The smallest absolute Gasteiger partial charge is 0.315 e.